The largest absolute Gasteiger partial charge is 0.484 e. The zero-order valence-electron chi connectivity index (χ0n) is 14.9. The Balaban J connectivity index is 1.76. The molecule has 4 nitrogen and oxygen atoms in total. The van der Waals surface area contributed by atoms with Crippen LogP contribution >= 0.6 is 0 Å². The summed E-state index contributed by atoms with van der Waals surface area (Å²) in [6.45, 7) is 6.28. The number of carbonyl (C=O) groups is 1. The third-order valence-electron chi connectivity index (χ3n) is 3.67. The standard InChI is InChI=1S/C21H24N2O2/c1-16(2)20-12-11-19(14-17(20)3)25-15-21(24)23-22-13-7-10-18-8-5-4-6-9-18/h4-14,16H,15H2,1-3H3,(H,23,24)/b10-7+,22-13+. The maximum absolute atomic E-state index is 11.7. The minimum atomic E-state index is -0.296. The molecule has 1 amide bonds. The van der Waals surface area contributed by atoms with Crippen molar-refractivity contribution >= 4 is 18.2 Å². The van der Waals surface area contributed by atoms with Crippen LogP contribution < -0.4 is 10.2 Å². The summed E-state index contributed by atoms with van der Waals surface area (Å²) in [6.07, 6.45) is 5.21. The Morgan fingerprint density at radius 1 is 1.20 bits per heavy atom. The van der Waals surface area contributed by atoms with Crippen molar-refractivity contribution in [3.8, 4) is 5.75 Å². The summed E-state index contributed by atoms with van der Waals surface area (Å²) in [5, 5.41) is 3.86. The Labute approximate surface area is 149 Å². The Morgan fingerprint density at radius 3 is 2.64 bits per heavy atom. The first-order valence-electron chi connectivity index (χ1n) is 8.33. The van der Waals surface area contributed by atoms with Gasteiger partial charge >= 0.3 is 0 Å². The number of benzene rings is 2. The lowest BCUT2D eigenvalue weighted by molar-refractivity contribution is -0.123. The van der Waals surface area contributed by atoms with E-state index < -0.39 is 0 Å². The van der Waals surface area contributed by atoms with Gasteiger partial charge in [0.25, 0.3) is 5.91 Å². The molecular weight excluding hydrogens is 312 g/mol. The summed E-state index contributed by atoms with van der Waals surface area (Å²) < 4.78 is 5.51. The molecule has 0 aromatic heterocycles. The minimum absolute atomic E-state index is 0.0692. The van der Waals surface area contributed by atoms with E-state index in [1.807, 2.05) is 61.5 Å². The van der Waals surface area contributed by atoms with Crippen LogP contribution in [0.3, 0.4) is 0 Å². The molecule has 0 fully saturated rings. The van der Waals surface area contributed by atoms with Crippen LogP contribution in [0.4, 0.5) is 0 Å². The van der Waals surface area contributed by atoms with Crippen molar-refractivity contribution < 1.29 is 9.53 Å². The van der Waals surface area contributed by atoms with Crippen LogP contribution in [-0.4, -0.2) is 18.7 Å². The smallest absolute Gasteiger partial charge is 0.277 e. The summed E-state index contributed by atoms with van der Waals surface area (Å²) in [5.41, 5.74) is 5.96. The molecule has 2 rings (SSSR count). The van der Waals surface area contributed by atoms with Crippen LogP contribution in [0.2, 0.25) is 0 Å². The highest BCUT2D eigenvalue weighted by Crippen LogP contribution is 2.23. The highest BCUT2D eigenvalue weighted by Gasteiger charge is 2.06. The van der Waals surface area contributed by atoms with Gasteiger partial charge < -0.3 is 4.74 Å². The average molecular weight is 336 g/mol. The summed E-state index contributed by atoms with van der Waals surface area (Å²) in [6, 6.07) is 15.8. The van der Waals surface area contributed by atoms with Crippen LogP contribution in [0.15, 0.2) is 59.7 Å². The molecule has 0 aliphatic carbocycles. The number of ether oxygens (including phenoxy) is 1. The number of rotatable bonds is 7. The molecule has 2 aromatic rings. The van der Waals surface area contributed by atoms with E-state index in [1.54, 1.807) is 6.08 Å². The molecule has 1 N–H and O–H groups in total. The molecule has 0 radical (unpaired) electrons. The Morgan fingerprint density at radius 2 is 1.96 bits per heavy atom. The van der Waals surface area contributed by atoms with Crippen molar-refractivity contribution in [3.05, 3.63) is 71.3 Å². The van der Waals surface area contributed by atoms with Gasteiger partial charge in [-0.3, -0.25) is 4.79 Å². The van der Waals surface area contributed by atoms with Crippen molar-refractivity contribution in [2.75, 3.05) is 6.61 Å². The fraction of sp³-hybridized carbons (Fsp3) is 0.238. The molecule has 2 aromatic carbocycles. The molecule has 0 bridgehead atoms. The normalized spacial score (nSPS) is 11.4. The maximum Gasteiger partial charge on any atom is 0.277 e. The molecule has 0 saturated carbocycles. The highest BCUT2D eigenvalue weighted by molar-refractivity contribution is 5.81. The predicted molar refractivity (Wildman–Crippen MR) is 103 cm³/mol. The highest BCUT2D eigenvalue weighted by atomic mass is 16.5. The third-order valence-corrected chi connectivity index (χ3v) is 3.67. The van der Waals surface area contributed by atoms with Crippen LogP contribution in [0, 0.1) is 6.92 Å². The van der Waals surface area contributed by atoms with E-state index in [4.69, 9.17) is 4.74 Å². The van der Waals surface area contributed by atoms with Crippen LogP contribution in [0.5, 0.6) is 5.75 Å². The number of amides is 1. The maximum atomic E-state index is 11.7. The number of aryl methyl sites for hydroxylation is 1. The minimum Gasteiger partial charge on any atom is -0.484 e. The fourth-order valence-electron chi connectivity index (χ4n) is 2.44. The SMILES string of the molecule is Cc1cc(OCC(=O)N/N=C/C=C/c2ccccc2)ccc1C(C)C. The van der Waals surface area contributed by atoms with Gasteiger partial charge in [0.15, 0.2) is 6.61 Å². The van der Waals surface area contributed by atoms with Gasteiger partial charge in [0.05, 0.1) is 0 Å². The second-order valence-corrected chi connectivity index (χ2v) is 6.04. The van der Waals surface area contributed by atoms with E-state index >= 15 is 0 Å². The number of hydrogen-bond acceptors (Lipinski definition) is 3. The Bertz CT molecular complexity index is 750. The third kappa shape index (κ3) is 6.26. The van der Waals surface area contributed by atoms with Crippen molar-refractivity contribution in [2.24, 2.45) is 5.10 Å². The fourth-order valence-corrected chi connectivity index (χ4v) is 2.44. The second-order valence-electron chi connectivity index (χ2n) is 6.04. The molecule has 0 saturated heterocycles. The van der Waals surface area contributed by atoms with E-state index in [9.17, 15) is 4.79 Å². The zero-order valence-corrected chi connectivity index (χ0v) is 14.9. The van der Waals surface area contributed by atoms with E-state index in [-0.39, 0.29) is 12.5 Å². The zero-order chi connectivity index (χ0) is 18.1. The molecule has 0 aliphatic heterocycles. The van der Waals surface area contributed by atoms with Gasteiger partial charge in [-0.1, -0.05) is 56.3 Å². The van der Waals surface area contributed by atoms with Crippen molar-refractivity contribution in [1.29, 1.82) is 0 Å². The number of carbonyl (C=O) groups excluding carboxylic acids is 1. The number of hydrazone groups is 1. The van der Waals surface area contributed by atoms with E-state index in [0.717, 1.165) is 11.1 Å². The van der Waals surface area contributed by atoms with Crippen LogP contribution in [0.25, 0.3) is 6.08 Å². The van der Waals surface area contributed by atoms with E-state index in [0.29, 0.717) is 11.7 Å². The first-order chi connectivity index (χ1) is 12.1. The van der Waals surface area contributed by atoms with Crippen molar-refractivity contribution in [1.82, 2.24) is 5.43 Å². The van der Waals surface area contributed by atoms with E-state index in [1.165, 1.54) is 11.8 Å². The van der Waals surface area contributed by atoms with Gasteiger partial charge in [-0.15, -0.1) is 0 Å². The van der Waals surface area contributed by atoms with Gasteiger partial charge in [-0.25, -0.2) is 5.43 Å². The average Bonchev–Trinajstić information content (AvgIpc) is 2.60. The molecule has 25 heavy (non-hydrogen) atoms. The number of hydrogen-bond donors (Lipinski definition) is 1. The lowest BCUT2D eigenvalue weighted by Gasteiger charge is -2.12. The second kappa shape index (κ2) is 9.42. The lowest BCUT2D eigenvalue weighted by Crippen LogP contribution is -2.24. The van der Waals surface area contributed by atoms with Gasteiger partial charge in [0.1, 0.15) is 5.75 Å². The number of nitrogens with one attached hydrogen (secondary N) is 1. The summed E-state index contributed by atoms with van der Waals surface area (Å²) in [4.78, 5) is 11.7. The van der Waals surface area contributed by atoms with Gasteiger partial charge in [0, 0.05) is 6.21 Å². The molecule has 0 unspecified atom stereocenters. The number of allylic oxidation sites excluding steroid dienone is 1. The number of nitrogens with zero attached hydrogens (tertiary/aromatic N) is 1. The Kier molecular flexibility index (Phi) is 6.96. The summed E-state index contributed by atoms with van der Waals surface area (Å²) in [7, 11) is 0. The Hall–Kier alpha value is -2.88. The van der Waals surface area contributed by atoms with Crippen LogP contribution in [0.1, 0.15) is 36.5 Å². The van der Waals surface area contributed by atoms with Gasteiger partial charge in [-0.2, -0.15) is 5.10 Å². The molecule has 130 valence electrons. The van der Waals surface area contributed by atoms with Crippen molar-refractivity contribution in [3.63, 3.8) is 0 Å². The van der Waals surface area contributed by atoms with Crippen molar-refractivity contribution in [2.45, 2.75) is 26.7 Å². The van der Waals surface area contributed by atoms with Gasteiger partial charge in [-0.05, 0) is 47.7 Å². The first kappa shape index (κ1) is 18.5. The quantitative estimate of drug-likeness (QED) is 0.605. The molecule has 0 aliphatic rings. The molecular formula is C21H24N2O2. The van der Waals surface area contributed by atoms with Crippen LogP contribution in [-0.2, 0) is 4.79 Å². The molecule has 4 heteroatoms. The topological polar surface area (TPSA) is 50.7 Å². The lowest BCUT2D eigenvalue weighted by atomic mass is 9.98. The molecule has 0 heterocycles. The van der Waals surface area contributed by atoms with E-state index in [2.05, 4.69) is 24.4 Å². The predicted octanol–water partition coefficient (Wildman–Crippen LogP) is 4.31. The first-order valence-corrected chi connectivity index (χ1v) is 8.33. The summed E-state index contributed by atoms with van der Waals surface area (Å²) >= 11 is 0. The molecule has 0 spiro atoms. The summed E-state index contributed by atoms with van der Waals surface area (Å²) in [5.74, 6) is 0.857. The monoisotopic (exact) mass is 336 g/mol. The van der Waals surface area contributed by atoms with Gasteiger partial charge in [0.2, 0.25) is 0 Å². The molecule has 0 atom stereocenters.